The summed E-state index contributed by atoms with van der Waals surface area (Å²) in [6, 6.07) is 0. The summed E-state index contributed by atoms with van der Waals surface area (Å²) in [5.74, 6) is -1.09. The number of esters is 2. The first kappa shape index (κ1) is 55.1. The topological polar surface area (TPSA) is 169 Å². The van der Waals surface area contributed by atoms with Crippen molar-refractivity contribution in [1.82, 2.24) is 0 Å². The monoisotopic (exact) mass is 837 g/mol. The fourth-order valence-electron chi connectivity index (χ4n) is 5.27. The van der Waals surface area contributed by atoms with Gasteiger partial charge in [0.05, 0.1) is 25.9 Å². The number of carbonyl (C=O) groups is 2. The van der Waals surface area contributed by atoms with E-state index in [1.165, 1.54) is 38.5 Å². The van der Waals surface area contributed by atoms with Crippen molar-refractivity contribution in [3.8, 4) is 0 Å². The molecule has 0 fully saturated rings. The zero-order chi connectivity index (χ0) is 42.8. The summed E-state index contributed by atoms with van der Waals surface area (Å²) in [5.41, 5.74) is 0. The molecule has 0 aromatic rings. The molecule has 0 spiro atoms. The molecule has 4 atom stereocenters. The minimum atomic E-state index is -4.66. The number of phosphoric acid groups is 1. The van der Waals surface area contributed by atoms with Crippen LogP contribution >= 0.6 is 7.82 Å². The summed E-state index contributed by atoms with van der Waals surface area (Å²) in [4.78, 5) is 35.0. The molecule has 0 heterocycles. The molecule has 11 nitrogen and oxygen atoms in total. The lowest BCUT2D eigenvalue weighted by Crippen LogP contribution is -2.29. The highest BCUT2D eigenvalue weighted by Gasteiger charge is 2.27. The van der Waals surface area contributed by atoms with Crippen molar-refractivity contribution < 1.29 is 52.9 Å². The third-order valence-electron chi connectivity index (χ3n) is 8.63. The summed E-state index contributed by atoms with van der Waals surface area (Å²) in [5, 5.41) is 28.4. The van der Waals surface area contributed by atoms with Crippen molar-refractivity contribution >= 4 is 19.8 Å². The van der Waals surface area contributed by atoms with Crippen molar-refractivity contribution in [2.75, 3.05) is 26.4 Å². The lowest BCUT2D eigenvalue weighted by Gasteiger charge is -2.20. The van der Waals surface area contributed by atoms with E-state index in [4.69, 9.17) is 19.1 Å². The first-order valence-corrected chi connectivity index (χ1v) is 23.1. The van der Waals surface area contributed by atoms with E-state index in [1.807, 2.05) is 42.5 Å². The van der Waals surface area contributed by atoms with E-state index in [0.717, 1.165) is 57.8 Å². The van der Waals surface area contributed by atoms with Crippen molar-refractivity contribution in [3.05, 3.63) is 85.1 Å². The van der Waals surface area contributed by atoms with Crippen LogP contribution in [-0.2, 0) is 32.7 Å². The third kappa shape index (κ3) is 39.9. The zero-order valence-corrected chi connectivity index (χ0v) is 36.5. The Hall–Kier alpha value is -2.89. The Balaban J connectivity index is 4.54. The van der Waals surface area contributed by atoms with Gasteiger partial charge in [-0.05, 0) is 70.6 Å². The van der Waals surface area contributed by atoms with Crippen molar-refractivity contribution in [2.45, 2.75) is 167 Å². The van der Waals surface area contributed by atoms with Crippen LogP contribution in [0.5, 0.6) is 0 Å². The molecule has 4 unspecified atom stereocenters. The molecule has 4 N–H and O–H groups in total. The number of unbranched alkanes of at least 4 members (excludes halogenated alkanes) is 11. The fourth-order valence-corrected chi connectivity index (χ4v) is 6.06. The van der Waals surface area contributed by atoms with Gasteiger partial charge in [-0.15, -0.1) is 0 Å². The third-order valence-corrected chi connectivity index (χ3v) is 9.58. The maximum atomic E-state index is 12.6. The number of carbonyl (C=O) groups excluding carboxylic acids is 2. The lowest BCUT2D eigenvalue weighted by molar-refractivity contribution is -0.161. The van der Waals surface area contributed by atoms with Gasteiger partial charge in [-0.1, -0.05) is 150 Å². The molecular formula is C46H77O11P. The minimum absolute atomic E-state index is 0.0122. The van der Waals surface area contributed by atoms with E-state index in [1.54, 1.807) is 6.08 Å². The largest absolute Gasteiger partial charge is 0.472 e. The smallest absolute Gasteiger partial charge is 0.462 e. The van der Waals surface area contributed by atoms with Gasteiger partial charge in [0.1, 0.15) is 12.7 Å². The summed E-state index contributed by atoms with van der Waals surface area (Å²) in [7, 11) is -4.66. The Bertz CT molecular complexity index is 1250. The molecule has 0 radical (unpaired) electrons. The maximum absolute atomic E-state index is 12.6. The van der Waals surface area contributed by atoms with Crippen LogP contribution in [0.1, 0.15) is 149 Å². The van der Waals surface area contributed by atoms with E-state index in [0.29, 0.717) is 25.7 Å². The first-order chi connectivity index (χ1) is 28.1. The van der Waals surface area contributed by atoms with Crippen molar-refractivity contribution in [1.29, 1.82) is 0 Å². The molecule has 0 aromatic heterocycles. The first-order valence-electron chi connectivity index (χ1n) is 21.7. The van der Waals surface area contributed by atoms with Crippen LogP contribution in [0.25, 0.3) is 0 Å². The molecule has 12 heteroatoms. The standard InChI is InChI=1S/C46H77O11P/c1-3-5-7-9-11-13-15-16-17-18-19-21-23-28-32-36-45(50)54-40-44(41-56-58(52,53)55-39-43(49)38-47)57-46(51)37-33-29-25-24-27-31-35-42(48)34-30-26-22-20-14-12-10-8-6-4-2/h6,8,12,14,16-17,22,25-27,29-31,34,42-44,47-49H,3-5,7,9-11,13,15,18-21,23-24,28,32-33,35-41H2,1-2H3,(H,52,53). The van der Waals surface area contributed by atoms with Crippen molar-refractivity contribution in [3.63, 3.8) is 0 Å². The van der Waals surface area contributed by atoms with Gasteiger partial charge in [-0.25, -0.2) is 4.57 Å². The summed E-state index contributed by atoms with van der Waals surface area (Å²) in [6.07, 6.45) is 44.4. The van der Waals surface area contributed by atoms with E-state index >= 15 is 0 Å². The molecule has 0 aliphatic rings. The SMILES string of the molecule is CCC=CCC=CCC=CC=CC(O)CC=CCC=CCCC(=O)OC(COC(=O)CCCCCCCC=CCCCCCCCC)COP(=O)(O)OCC(O)CO. The Morgan fingerprint density at radius 1 is 0.603 bits per heavy atom. The number of hydrogen-bond acceptors (Lipinski definition) is 10. The van der Waals surface area contributed by atoms with Crippen molar-refractivity contribution in [2.24, 2.45) is 0 Å². The highest BCUT2D eigenvalue weighted by atomic mass is 31.2. The summed E-state index contributed by atoms with van der Waals surface area (Å²) < 4.78 is 32.6. The van der Waals surface area contributed by atoms with Gasteiger partial charge >= 0.3 is 19.8 Å². The second kappa shape index (κ2) is 40.9. The van der Waals surface area contributed by atoms with E-state index in [-0.39, 0.29) is 19.4 Å². The molecule has 0 amide bonds. The van der Waals surface area contributed by atoms with Gasteiger partial charge in [0.2, 0.25) is 0 Å². The normalized spacial score (nSPS) is 15.2. The van der Waals surface area contributed by atoms with Gasteiger partial charge in [-0.3, -0.25) is 18.6 Å². The second-order valence-electron chi connectivity index (χ2n) is 14.2. The fraction of sp³-hybridized carbons (Fsp3) is 0.652. The van der Waals surface area contributed by atoms with Crippen LogP contribution in [0, 0.1) is 0 Å². The average molecular weight is 837 g/mol. The predicted octanol–water partition coefficient (Wildman–Crippen LogP) is 10.4. The van der Waals surface area contributed by atoms with E-state index in [2.05, 4.69) is 54.8 Å². The summed E-state index contributed by atoms with van der Waals surface area (Å²) >= 11 is 0. The van der Waals surface area contributed by atoms with Crippen LogP contribution < -0.4 is 0 Å². The lowest BCUT2D eigenvalue weighted by atomic mass is 10.1. The molecule has 0 aromatic carbocycles. The molecule has 0 saturated heterocycles. The molecular weight excluding hydrogens is 759 g/mol. The van der Waals surface area contributed by atoms with Crippen LogP contribution in [0.15, 0.2) is 85.1 Å². The number of allylic oxidation sites excluding steroid dienone is 12. The minimum Gasteiger partial charge on any atom is -0.462 e. The number of rotatable bonds is 39. The van der Waals surface area contributed by atoms with Gasteiger partial charge in [0, 0.05) is 12.8 Å². The van der Waals surface area contributed by atoms with Crippen LogP contribution in [0.4, 0.5) is 0 Å². The summed E-state index contributed by atoms with van der Waals surface area (Å²) in [6.45, 7) is 2.06. The molecule has 0 aliphatic heterocycles. The molecule has 58 heavy (non-hydrogen) atoms. The Morgan fingerprint density at radius 3 is 1.84 bits per heavy atom. The number of hydrogen-bond donors (Lipinski definition) is 4. The van der Waals surface area contributed by atoms with Gasteiger partial charge in [-0.2, -0.15) is 0 Å². The van der Waals surface area contributed by atoms with Gasteiger partial charge < -0.3 is 29.7 Å². The van der Waals surface area contributed by atoms with Gasteiger partial charge in [0.25, 0.3) is 0 Å². The second-order valence-corrected chi connectivity index (χ2v) is 15.6. The number of aliphatic hydroxyl groups excluding tert-OH is 3. The quantitative estimate of drug-likeness (QED) is 0.0153. The maximum Gasteiger partial charge on any atom is 0.472 e. The highest BCUT2D eigenvalue weighted by molar-refractivity contribution is 7.47. The molecule has 0 rings (SSSR count). The van der Waals surface area contributed by atoms with Crippen LogP contribution in [0.2, 0.25) is 0 Å². The predicted molar refractivity (Wildman–Crippen MR) is 234 cm³/mol. The number of aliphatic hydroxyl groups is 3. The van der Waals surface area contributed by atoms with Crippen LogP contribution in [0.3, 0.4) is 0 Å². The average Bonchev–Trinajstić information content (AvgIpc) is 3.21. The highest BCUT2D eigenvalue weighted by Crippen LogP contribution is 2.43. The van der Waals surface area contributed by atoms with E-state index in [9.17, 15) is 29.3 Å². The molecule has 0 saturated carbocycles. The zero-order valence-electron chi connectivity index (χ0n) is 35.6. The van der Waals surface area contributed by atoms with Crippen LogP contribution in [-0.4, -0.2) is 76.9 Å². The Labute approximate surface area is 350 Å². The molecule has 0 bridgehead atoms. The molecule has 0 aliphatic carbocycles. The van der Waals surface area contributed by atoms with E-state index < -0.39 is 57.9 Å². The Morgan fingerprint density at radius 2 is 1.17 bits per heavy atom. The number of ether oxygens (including phenoxy) is 2. The Kier molecular flexibility index (Phi) is 38.8. The number of phosphoric ester groups is 1. The van der Waals surface area contributed by atoms with Gasteiger partial charge in [0.15, 0.2) is 6.10 Å². The molecule has 332 valence electrons.